The second kappa shape index (κ2) is 15.2. The van der Waals surface area contributed by atoms with Gasteiger partial charge in [0.1, 0.15) is 23.4 Å². The molecule has 0 heterocycles. The van der Waals surface area contributed by atoms with Crippen molar-refractivity contribution in [2.75, 3.05) is 13.2 Å². The van der Waals surface area contributed by atoms with Gasteiger partial charge >= 0.3 is 12.2 Å². The molecular formula is C28H52N2O8. The van der Waals surface area contributed by atoms with E-state index in [1.165, 1.54) is 12.8 Å². The first-order valence-corrected chi connectivity index (χ1v) is 14.3. The van der Waals surface area contributed by atoms with Gasteiger partial charge in [0.15, 0.2) is 0 Å². The van der Waals surface area contributed by atoms with Crippen LogP contribution < -0.4 is 10.6 Å². The lowest BCUT2D eigenvalue weighted by Gasteiger charge is -2.35. The topological polar surface area (TPSA) is 136 Å². The number of aliphatic hydroxyl groups excluding tert-OH is 2. The molecular weight excluding hydrogens is 492 g/mol. The number of amides is 2. The van der Waals surface area contributed by atoms with Crippen LogP contribution in [0.5, 0.6) is 0 Å². The smallest absolute Gasteiger partial charge is 0.408 e. The molecule has 2 fully saturated rings. The summed E-state index contributed by atoms with van der Waals surface area (Å²) in [6.07, 6.45) is 5.93. The molecule has 0 aromatic rings. The minimum atomic E-state index is -1.47. The van der Waals surface area contributed by atoms with Crippen LogP contribution in [0.15, 0.2) is 0 Å². The third kappa shape index (κ3) is 13.0. The molecule has 0 aromatic heterocycles. The number of aliphatic hydroxyl groups is 2. The van der Waals surface area contributed by atoms with Crippen molar-refractivity contribution in [3.63, 3.8) is 0 Å². The Hall–Kier alpha value is -1.62. The van der Waals surface area contributed by atoms with Crippen LogP contribution in [0.1, 0.15) is 106 Å². The molecule has 0 aliphatic heterocycles. The van der Waals surface area contributed by atoms with Crippen LogP contribution in [0, 0.1) is 0 Å². The predicted molar refractivity (Wildman–Crippen MR) is 144 cm³/mol. The second-order valence-electron chi connectivity index (χ2n) is 12.7. The molecule has 0 spiro atoms. The lowest BCUT2D eigenvalue weighted by molar-refractivity contribution is -0.0777. The van der Waals surface area contributed by atoms with E-state index in [4.69, 9.17) is 18.9 Å². The van der Waals surface area contributed by atoms with Crippen LogP contribution in [0.4, 0.5) is 9.59 Å². The fourth-order valence-electron chi connectivity index (χ4n) is 4.79. The van der Waals surface area contributed by atoms with Gasteiger partial charge in [-0.1, -0.05) is 38.5 Å². The Morgan fingerprint density at radius 1 is 0.658 bits per heavy atom. The molecule has 4 atom stereocenters. The Bertz CT molecular complexity index is 649. The van der Waals surface area contributed by atoms with Crippen LogP contribution >= 0.6 is 0 Å². The molecule has 0 radical (unpaired) electrons. The van der Waals surface area contributed by atoms with Gasteiger partial charge in [-0.25, -0.2) is 9.59 Å². The molecule has 2 amide bonds. The Kier molecular flexibility index (Phi) is 13.1. The van der Waals surface area contributed by atoms with Crippen molar-refractivity contribution in [2.45, 2.75) is 153 Å². The Morgan fingerprint density at radius 3 is 1.26 bits per heavy atom. The quantitative estimate of drug-likeness (QED) is 0.304. The van der Waals surface area contributed by atoms with Crippen LogP contribution in [-0.2, 0) is 18.9 Å². The van der Waals surface area contributed by atoms with Gasteiger partial charge in [-0.2, -0.15) is 0 Å². The lowest BCUT2D eigenvalue weighted by atomic mass is 9.96. The largest absolute Gasteiger partial charge is 0.444 e. The van der Waals surface area contributed by atoms with Gasteiger partial charge in [-0.05, 0) is 67.2 Å². The van der Waals surface area contributed by atoms with E-state index in [1.54, 1.807) is 41.5 Å². The van der Waals surface area contributed by atoms with Crippen LogP contribution in [0.2, 0.25) is 0 Å². The number of hydrogen-bond donors (Lipinski definition) is 4. The van der Waals surface area contributed by atoms with Gasteiger partial charge in [-0.3, -0.25) is 0 Å². The van der Waals surface area contributed by atoms with E-state index in [1.807, 2.05) is 0 Å². The summed E-state index contributed by atoms with van der Waals surface area (Å²) < 4.78 is 22.9. The van der Waals surface area contributed by atoms with Crippen LogP contribution in [0.25, 0.3) is 0 Å². The summed E-state index contributed by atoms with van der Waals surface area (Å²) in [5.74, 6) is 0. The number of carbonyl (C=O) groups is 2. The summed E-state index contributed by atoms with van der Waals surface area (Å²) >= 11 is 0. The average molecular weight is 545 g/mol. The third-order valence-electron chi connectivity index (χ3n) is 6.71. The number of nitrogens with one attached hydrogen (secondary N) is 2. The normalized spacial score (nSPS) is 21.2. The first-order chi connectivity index (χ1) is 17.7. The molecule has 0 unspecified atom stereocenters. The van der Waals surface area contributed by atoms with Crippen LogP contribution in [0.3, 0.4) is 0 Å². The van der Waals surface area contributed by atoms with Crippen molar-refractivity contribution in [3.05, 3.63) is 0 Å². The van der Waals surface area contributed by atoms with E-state index in [-0.39, 0.29) is 25.4 Å². The molecule has 10 heteroatoms. The van der Waals surface area contributed by atoms with E-state index in [9.17, 15) is 19.8 Å². The summed E-state index contributed by atoms with van der Waals surface area (Å²) in [5.41, 5.74) is -1.48. The number of rotatable bonds is 11. The molecule has 2 aliphatic rings. The fraction of sp³-hybridized carbons (Fsp3) is 0.929. The molecule has 2 saturated carbocycles. The molecule has 2 rings (SSSR count). The molecule has 10 nitrogen and oxygen atoms in total. The maximum Gasteiger partial charge on any atom is 0.408 e. The van der Waals surface area contributed by atoms with Gasteiger partial charge in [-0.15, -0.1) is 0 Å². The number of ether oxygens (including phenoxy) is 4. The zero-order valence-corrected chi connectivity index (χ0v) is 24.3. The Morgan fingerprint density at radius 2 is 0.974 bits per heavy atom. The van der Waals surface area contributed by atoms with Crippen LogP contribution in [-0.4, -0.2) is 83.3 Å². The zero-order chi connectivity index (χ0) is 28.3. The van der Waals surface area contributed by atoms with E-state index in [2.05, 4.69) is 10.6 Å². The standard InChI is InChI=1S/C28H52N2O8/c1-27(2,3)37-25(33)29-21(17-35-19-13-9-7-10-14-19)23(31)24(32)22(30-26(34)38-28(4,5)6)18-36-20-15-11-8-12-16-20/h19-24,31-32H,7-18H2,1-6H3,(H,29,33)(H,30,34)/t21-,22-,23+,24+/m0/s1. The van der Waals surface area contributed by atoms with Crippen molar-refractivity contribution >= 4 is 12.2 Å². The molecule has 38 heavy (non-hydrogen) atoms. The van der Waals surface area contributed by atoms with Gasteiger partial charge in [0, 0.05) is 0 Å². The van der Waals surface area contributed by atoms with Crippen molar-refractivity contribution in [2.24, 2.45) is 0 Å². The van der Waals surface area contributed by atoms with Gasteiger partial charge in [0.2, 0.25) is 0 Å². The monoisotopic (exact) mass is 544 g/mol. The summed E-state index contributed by atoms with van der Waals surface area (Å²) in [6.45, 7) is 10.5. The summed E-state index contributed by atoms with van der Waals surface area (Å²) in [5, 5.41) is 27.8. The maximum atomic E-state index is 12.6. The van der Waals surface area contributed by atoms with Gasteiger partial charge in [0.25, 0.3) is 0 Å². The van der Waals surface area contributed by atoms with Gasteiger partial charge < -0.3 is 39.8 Å². The molecule has 0 bridgehead atoms. The highest BCUT2D eigenvalue weighted by Crippen LogP contribution is 2.23. The predicted octanol–water partition coefficient (Wildman–Crippen LogP) is 4.19. The number of carbonyl (C=O) groups excluding carboxylic acids is 2. The summed E-state index contributed by atoms with van der Waals surface area (Å²) in [4.78, 5) is 25.2. The summed E-state index contributed by atoms with van der Waals surface area (Å²) in [6, 6.07) is -1.95. The highest BCUT2D eigenvalue weighted by Gasteiger charge is 2.37. The molecule has 222 valence electrons. The van der Waals surface area contributed by atoms with E-state index in [0.717, 1.165) is 51.4 Å². The summed E-state index contributed by atoms with van der Waals surface area (Å²) in [7, 11) is 0. The lowest BCUT2D eigenvalue weighted by Crippen LogP contribution is -2.59. The Balaban J connectivity index is 2.13. The molecule has 0 saturated heterocycles. The van der Waals surface area contributed by atoms with Crippen molar-refractivity contribution in [1.29, 1.82) is 0 Å². The zero-order valence-electron chi connectivity index (χ0n) is 24.3. The van der Waals surface area contributed by atoms with E-state index in [0.29, 0.717) is 0 Å². The molecule has 0 aromatic carbocycles. The fourth-order valence-corrected chi connectivity index (χ4v) is 4.79. The SMILES string of the molecule is CC(C)(C)OC(=O)N[C@@H](COC1CCCCC1)[C@@H](O)[C@H](O)[C@H](COC1CCCCC1)NC(=O)OC(C)(C)C. The minimum absolute atomic E-state index is 0.00915. The van der Waals surface area contributed by atoms with E-state index < -0.39 is 47.7 Å². The van der Waals surface area contributed by atoms with Gasteiger partial charge in [0.05, 0.1) is 37.5 Å². The molecule has 4 N–H and O–H groups in total. The van der Waals surface area contributed by atoms with E-state index >= 15 is 0 Å². The first-order valence-electron chi connectivity index (χ1n) is 14.3. The minimum Gasteiger partial charge on any atom is -0.444 e. The average Bonchev–Trinajstić information content (AvgIpc) is 2.82. The van der Waals surface area contributed by atoms with Crippen molar-refractivity contribution in [3.8, 4) is 0 Å². The number of hydrogen-bond acceptors (Lipinski definition) is 8. The second-order valence-corrected chi connectivity index (χ2v) is 12.7. The highest BCUT2D eigenvalue weighted by atomic mass is 16.6. The Labute approximate surface area is 228 Å². The number of alkyl carbamates (subject to hydrolysis) is 2. The molecule has 2 aliphatic carbocycles. The highest BCUT2D eigenvalue weighted by molar-refractivity contribution is 5.68. The maximum absolute atomic E-state index is 12.6. The third-order valence-corrected chi connectivity index (χ3v) is 6.71. The van der Waals surface area contributed by atoms with Crippen molar-refractivity contribution in [1.82, 2.24) is 10.6 Å². The first kappa shape index (κ1) is 32.6. The van der Waals surface area contributed by atoms with Crippen molar-refractivity contribution < 1.29 is 38.7 Å².